The maximum absolute atomic E-state index is 12.5. The first kappa shape index (κ1) is 18.4. The van der Waals surface area contributed by atoms with Crippen LogP contribution in [-0.2, 0) is 14.8 Å². The molecule has 0 aliphatic carbocycles. The summed E-state index contributed by atoms with van der Waals surface area (Å²) in [6.45, 7) is 3.95. The second-order valence-electron chi connectivity index (χ2n) is 6.55. The van der Waals surface area contributed by atoms with Crippen LogP contribution < -0.4 is 14.4 Å². The molecular formula is C19H22N2O4S. The van der Waals surface area contributed by atoms with Gasteiger partial charge in [0.25, 0.3) is 5.91 Å². The Bertz CT molecular complexity index is 907. The number of amides is 1. The van der Waals surface area contributed by atoms with Gasteiger partial charge in [-0.1, -0.05) is 38.1 Å². The summed E-state index contributed by atoms with van der Waals surface area (Å²) in [6, 6.07) is 13.9. The van der Waals surface area contributed by atoms with Crippen molar-refractivity contribution in [1.82, 2.24) is 4.72 Å². The third kappa shape index (κ3) is 3.59. The van der Waals surface area contributed by atoms with Crippen molar-refractivity contribution >= 4 is 21.6 Å². The first-order chi connectivity index (χ1) is 12.3. The monoisotopic (exact) mass is 374 g/mol. The molecule has 6 nitrogen and oxygen atoms in total. The number of nitrogens with one attached hydrogen (secondary N) is 1. The lowest BCUT2D eigenvalue weighted by atomic mass is 10.0. The van der Waals surface area contributed by atoms with Gasteiger partial charge in [0.1, 0.15) is 5.75 Å². The minimum absolute atomic E-state index is 0.133. The van der Waals surface area contributed by atoms with E-state index in [9.17, 15) is 13.2 Å². The summed E-state index contributed by atoms with van der Waals surface area (Å²) in [6.07, 6.45) is -0.903. The highest BCUT2D eigenvalue weighted by Crippen LogP contribution is 2.32. The van der Waals surface area contributed by atoms with E-state index in [-0.39, 0.29) is 17.3 Å². The minimum atomic E-state index is -3.72. The molecule has 3 rings (SSSR count). The van der Waals surface area contributed by atoms with Crippen LogP contribution in [0.3, 0.4) is 0 Å². The molecule has 1 N–H and O–H groups in total. The van der Waals surface area contributed by atoms with Crippen LogP contribution in [0, 0.1) is 0 Å². The molecule has 0 bridgehead atoms. The number of rotatable bonds is 5. The van der Waals surface area contributed by atoms with Crippen LogP contribution in [0.1, 0.15) is 25.3 Å². The van der Waals surface area contributed by atoms with Gasteiger partial charge in [-0.15, -0.1) is 0 Å². The molecule has 0 aromatic heterocycles. The van der Waals surface area contributed by atoms with Gasteiger partial charge in [-0.2, -0.15) is 0 Å². The van der Waals surface area contributed by atoms with Crippen LogP contribution >= 0.6 is 0 Å². The summed E-state index contributed by atoms with van der Waals surface area (Å²) in [5.41, 5.74) is 1.73. The lowest BCUT2D eigenvalue weighted by Gasteiger charge is -2.31. The zero-order valence-corrected chi connectivity index (χ0v) is 15.8. The number of carbonyl (C=O) groups is 1. The fourth-order valence-corrected chi connectivity index (χ4v) is 3.83. The fourth-order valence-electron chi connectivity index (χ4n) is 2.80. The molecule has 2 aromatic rings. The Morgan fingerprint density at radius 1 is 1.12 bits per heavy atom. The predicted octanol–water partition coefficient (Wildman–Crippen LogP) is 2.51. The number of likely N-dealkylation sites (N-methyl/N-ethyl adjacent to an activating group) is 1. The molecule has 2 aromatic carbocycles. The van der Waals surface area contributed by atoms with Crippen molar-refractivity contribution in [1.29, 1.82) is 0 Å². The smallest absolute Gasteiger partial charge is 0.269 e. The number of fused-ring (bicyclic) bond motifs is 1. The molecule has 0 spiro atoms. The molecule has 0 radical (unpaired) electrons. The van der Waals surface area contributed by atoms with Gasteiger partial charge in [0.05, 0.1) is 17.1 Å². The number of hydrogen-bond acceptors (Lipinski definition) is 4. The Balaban J connectivity index is 1.73. The highest BCUT2D eigenvalue weighted by molar-refractivity contribution is 7.89. The Morgan fingerprint density at radius 2 is 1.77 bits per heavy atom. The summed E-state index contributed by atoms with van der Waals surface area (Å²) < 4.78 is 33.1. The van der Waals surface area contributed by atoms with Crippen molar-refractivity contribution < 1.29 is 17.9 Å². The Hall–Kier alpha value is -2.38. The minimum Gasteiger partial charge on any atom is -0.477 e. The number of para-hydroxylation sites is 2. The topological polar surface area (TPSA) is 75.7 Å². The summed E-state index contributed by atoms with van der Waals surface area (Å²) >= 11 is 0. The second kappa shape index (κ2) is 7.09. The van der Waals surface area contributed by atoms with Gasteiger partial charge in [0.2, 0.25) is 10.0 Å². The molecule has 1 atom stereocenters. The highest BCUT2D eigenvalue weighted by Gasteiger charge is 2.33. The van der Waals surface area contributed by atoms with Crippen LogP contribution in [0.15, 0.2) is 53.4 Å². The summed E-state index contributed by atoms with van der Waals surface area (Å²) in [5, 5.41) is 0. The molecule has 26 heavy (non-hydrogen) atoms. The average Bonchev–Trinajstić information content (AvgIpc) is 2.63. The molecule has 1 heterocycles. The van der Waals surface area contributed by atoms with E-state index in [0.29, 0.717) is 17.4 Å². The lowest BCUT2D eigenvalue weighted by molar-refractivity contribution is -0.125. The van der Waals surface area contributed by atoms with E-state index in [1.54, 1.807) is 49.5 Å². The van der Waals surface area contributed by atoms with Gasteiger partial charge in [-0.3, -0.25) is 4.79 Å². The normalized spacial score (nSPS) is 17.2. The number of sulfonamides is 1. The molecular weight excluding hydrogens is 352 g/mol. The average molecular weight is 374 g/mol. The summed E-state index contributed by atoms with van der Waals surface area (Å²) in [4.78, 5) is 14.1. The van der Waals surface area contributed by atoms with E-state index in [1.165, 1.54) is 4.90 Å². The molecule has 0 saturated carbocycles. The second-order valence-corrected chi connectivity index (χ2v) is 8.31. The Kier molecular flexibility index (Phi) is 5.02. The zero-order valence-electron chi connectivity index (χ0n) is 15.0. The number of nitrogens with zero attached hydrogens (tertiary/aromatic N) is 1. The van der Waals surface area contributed by atoms with E-state index in [1.807, 2.05) is 19.9 Å². The van der Waals surface area contributed by atoms with Crippen LogP contribution in [-0.4, -0.2) is 34.0 Å². The maximum Gasteiger partial charge on any atom is 0.269 e. The van der Waals surface area contributed by atoms with Crippen LogP contribution in [0.4, 0.5) is 5.69 Å². The van der Waals surface area contributed by atoms with E-state index in [2.05, 4.69) is 4.72 Å². The molecule has 138 valence electrons. The van der Waals surface area contributed by atoms with Crippen LogP contribution in [0.5, 0.6) is 5.75 Å². The van der Waals surface area contributed by atoms with E-state index >= 15 is 0 Å². The quantitative estimate of drug-likeness (QED) is 0.873. The van der Waals surface area contributed by atoms with Gasteiger partial charge in [0, 0.05) is 7.05 Å². The standard InChI is InChI=1S/C19H22N2O4S/c1-13(2)14-8-10-15(11-9-14)26(23,24)20-12-18-19(22)21(3)16-6-4-5-7-17(16)25-18/h4-11,13,18,20H,12H2,1-3H3. The first-order valence-electron chi connectivity index (χ1n) is 8.42. The van der Waals surface area contributed by atoms with Crippen molar-refractivity contribution in [2.24, 2.45) is 0 Å². The van der Waals surface area contributed by atoms with Crippen molar-refractivity contribution in [3.63, 3.8) is 0 Å². The van der Waals surface area contributed by atoms with E-state index in [0.717, 1.165) is 5.56 Å². The largest absolute Gasteiger partial charge is 0.477 e. The van der Waals surface area contributed by atoms with Gasteiger partial charge >= 0.3 is 0 Å². The number of carbonyl (C=O) groups excluding carboxylic acids is 1. The number of hydrogen-bond donors (Lipinski definition) is 1. The molecule has 0 saturated heterocycles. The third-order valence-corrected chi connectivity index (χ3v) is 5.86. The molecule has 1 amide bonds. The van der Waals surface area contributed by atoms with Crippen molar-refractivity contribution in [3.05, 3.63) is 54.1 Å². The van der Waals surface area contributed by atoms with Gasteiger partial charge in [-0.05, 0) is 35.7 Å². The number of anilines is 1. The van der Waals surface area contributed by atoms with Gasteiger partial charge in [0.15, 0.2) is 6.10 Å². The number of benzene rings is 2. The Morgan fingerprint density at radius 3 is 2.42 bits per heavy atom. The van der Waals surface area contributed by atoms with Gasteiger partial charge in [-0.25, -0.2) is 13.1 Å². The highest BCUT2D eigenvalue weighted by atomic mass is 32.2. The lowest BCUT2D eigenvalue weighted by Crippen LogP contribution is -2.49. The molecule has 1 unspecified atom stereocenters. The fraction of sp³-hybridized carbons (Fsp3) is 0.316. The third-order valence-electron chi connectivity index (χ3n) is 4.42. The van der Waals surface area contributed by atoms with E-state index < -0.39 is 16.1 Å². The Labute approximate surface area is 153 Å². The molecule has 1 aliphatic rings. The zero-order chi connectivity index (χ0) is 18.9. The number of ether oxygens (including phenoxy) is 1. The van der Waals surface area contributed by atoms with Crippen molar-refractivity contribution in [2.45, 2.75) is 30.8 Å². The SMILES string of the molecule is CC(C)c1ccc(S(=O)(=O)NCC2Oc3ccccc3N(C)C2=O)cc1. The molecule has 0 fully saturated rings. The predicted molar refractivity (Wildman–Crippen MR) is 100.0 cm³/mol. The molecule has 7 heteroatoms. The van der Waals surface area contributed by atoms with Crippen LogP contribution in [0.25, 0.3) is 0 Å². The summed E-state index contributed by atoms with van der Waals surface area (Å²) in [5.74, 6) is 0.588. The van der Waals surface area contributed by atoms with Crippen LogP contribution in [0.2, 0.25) is 0 Å². The molecule has 1 aliphatic heterocycles. The summed E-state index contributed by atoms with van der Waals surface area (Å²) in [7, 11) is -2.07. The van der Waals surface area contributed by atoms with Crippen molar-refractivity contribution in [3.8, 4) is 5.75 Å². The maximum atomic E-state index is 12.5. The van der Waals surface area contributed by atoms with E-state index in [4.69, 9.17) is 4.74 Å². The first-order valence-corrected chi connectivity index (χ1v) is 9.91. The van der Waals surface area contributed by atoms with Gasteiger partial charge < -0.3 is 9.64 Å². The van der Waals surface area contributed by atoms with Crippen molar-refractivity contribution in [2.75, 3.05) is 18.5 Å².